The van der Waals surface area contributed by atoms with Crippen LogP contribution < -0.4 is 5.56 Å². The van der Waals surface area contributed by atoms with Crippen molar-refractivity contribution in [3.05, 3.63) is 74.6 Å². The van der Waals surface area contributed by atoms with Gasteiger partial charge in [-0.3, -0.25) is 4.79 Å². The molecule has 0 radical (unpaired) electrons. The molecular weight excluding hydrogens is 388 g/mol. The van der Waals surface area contributed by atoms with E-state index in [4.69, 9.17) is 9.47 Å². The number of hydrogen-bond acceptors (Lipinski definition) is 6. The zero-order valence-electron chi connectivity index (χ0n) is 16.2. The minimum Gasteiger partial charge on any atom is -0.459 e. The van der Waals surface area contributed by atoms with Gasteiger partial charge in [-0.2, -0.15) is 0 Å². The zero-order chi connectivity index (χ0) is 20.4. The van der Waals surface area contributed by atoms with Crippen LogP contribution in [0.25, 0.3) is 21.0 Å². The van der Waals surface area contributed by atoms with Crippen molar-refractivity contribution < 1.29 is 14.3 Å². The number of methoxy groups -OCH3 is 1. The largest absolute Gasteiger partial charge is 0.459 e. The first kappa shape index (κ1) is 19.3. The van der Waals surface area contributed by atoms with Gasteiger partial charge in [-0.25, -0.2) is 9.78 Å². The molecule has 0 spiro atoms. The van der Waals surface area contributed by atoms with Crippen LogP contribution >= 0.6 is 11.3 Å². The molecule has 0 aliphatic carbocycles. The first-order valence-corrected chi connectivity index (χ1v) is 10.0. The van der Waals surface area contributed by atoms with Gasteiger partial charge in [0.1, 0.15) is 22.1 Å². The van der Waals surface area contributed by atoms with E-state index in [2.05, 4.69) is 28.2 Å². The molecule has 2 aromatic heterocycles. The van der Waals surface area contributed by atoms with Crippen LogP contribution in [0.15, 0.2) is 47.3 Å². The summed E-state index contributed by atoms with van der Waals surface area (Å²) in [6.07, 6.45) is 0.497. The van der Waals surface area contributed by atoms with Crippen molar-refractivity contribution in [1.82, 2.24) is 9.97 Å². The monoisotopic (exact) mass is 408 g/mol. The Kier molecular flexibility index (Phi) is 5.42. The zero-order valence-corrected chi connectivity index (χ0v) is 17.0. The van der Waals surface area contributed by atoms with Crippen LogP contribution in [0.2, 0.25) is 0 Å². The van der Waals surface area contributed by atoms with Gasteiger partial charge in [-0.1, -0.05) is 42.5 Å². The van der Waals surface area contributed by atoms with E-state index < -0.39 is 5.97 Å². The highest BCUT2D eigenvalue weighted by molar-refractivity contribution is 7.20. The molecule has 7 heteroatoms. The molecule has 29 heavy (non-hydrogen) atoms. The highest BCUT2D eigenvalue weighted by atomic mass is 32.1. The lowest BCUT2D eigenvalue weighted by Crippen LogP contribution is -2.12. The maximum atomic E-state index is 12.7. The third-order valence-electron chi connectivity index (χ3n) is 4.79. The lowest BCUT2D eigenvalue weighted by Gasteiger charge is -2.06. The summed E-state index contributed by atoms with van der Waals surface area (Å²) in [6, 6.07) is 14.2. The summed E-state index contributed by atoms with van der Waals surface area (Å²) in [7, 11) is 1.54. The number of benzene rings is 2. The average Bonchev–Trinajstić information content (AvgIpc) is 3.05. The fraction of sp³-hybridized carbons (Fsp3) is 0.227. The van der Waals surface area contributed by atoms with Gasteiger partial charge < -0.3 is 14.5 Å². The van der Waals surface area contributed by atoms with E-state index in [1.165, 1.54) is 11.3 Å². The van der Waals surface area contributed by atoms with E-state index >= 15 is 0 Å². The summed E-state index contributed by atoms with van der Waals surface area (Å²) in [4.78, 5) is 33.5. The summed E-state index contributed by atoms with van der Waals surface area (Å²) in [5, 5.41) is 2.71. The SMILES string of the molecule is COCCOC(=O)c1sc2nc(Cc3cccc4ccccc34)[nH]c(=O)c2c1C. The molecule has 0 bridgehead atoms. The Labute approximate surface area is 171 Å². The number of H-pyrrole nitrogens is 1. The molecule has 0 aliphatic rings. The van der Waals surface area contributed by atoms with Crippen LogP contribution in [0.3, 0.4) is 0 Å². The van der Waals surface area contributed by atoms with Crippen LogP contribution in [0, 0.1) is 6.92 Å². The molecular formula is C22H20N2O4S. The number of thiophene rings is 1. The number of nitrogens with one attached hydrogen (secondary N) is 1. The number of nitrogens with zero attached hydrogens (tertiary/aromatic N) is 1. The van der Waals surface area contributed by atoms with Crippen molar-refractivity contribution in [1.29, 1.82) is 0 Å². The Morgan fingerprint density at radius 1 is 1.14 bits per heavy atom. The van der Waals surface area contributed by atoms with E-state index in [1.807, 2.05) is 24.3 Å². The Balaban J connectivity index is 1.70. The second kappa shape index (κ2) is 8.14. The minimum atomic E-state index is -0.461. The lowest BCUT2D eigenvalue weighted by molar-refractivity contribution is 0.0393. The van der Waals surface area contributed by atoms with Crippen LogP contribution in [0.4, 0.5) is 0 Å². The Bertz CT molecular complexity index is 1250. The number of esters is 1. The number of carbonyl (C=O) groups is 1. The van der Waals surface area contributed by atoms with Crippen LogP contribution in [-0.4, -0.2) is 36.3 Å². The van der Waals surface area contributed by atoms with Gasteiger partial charge in [0.25, 0.3) is 5.56 Å². The third-order valence-corrected chi connectivity index (χ3v) is 5.96. The Morgan fingerprint density at radius 3 is 2.76 bits per heavy atom. The molecule has 2 aromatic carbocycles. The molecule has 2 heterocycles. The fourth-order valence-electron chi connectivity index (χ4n) is 3.38. The molecule has 0 saturated carbocycles. The predicted molar refractivity (Wildman–Crippen MR) is 114 cm³/mol. The molecule has 1 N–H and O–H groups in total. The van der Waals surface area contributed by atoms with Crippen LogP contribution in [0.5, 0.6) is 0 Å². The van der Waals surface area contributed by atoms with Crippen molar-refractivity contribution in [2.45, 2.75) is 13.3 Å². The van der Waals surface area contributed by atoms with E-state index in [0.29, 0.717) is 39.5 Å². The normalized spacial score (nSPS) is 11.2. The molecule has 148 valence electrons. The number of carbonyl (C=O) groups excluding carboxylic acids is 1. The molecule has 0 atom stereocenters. The van der Waals surface area contributed by atoms with Crippen molar-refractivity contribution in [2.24, 2.45) is 0 Å². The van der Waals surface area contributed by atoms with Crippen LogP contribution in [-0.2, 0) is 15.9 Å². The Morgan fingerprint density at radius 2 is 1.93 bits per heavy atom. The van der Waals surface area contributed by atoms with Gasteiger partial charge in [0.05, 0.1) is 12.0 Å². The number of hydrogen-bond donors (Lipinski definition) is 1. The predicted octanol–water partition coefficient (Wildman–Crippen LogP) is 3.84. The molecule has 0 amide bonds. The van der Waals surface area contributed by atoms with Crippen molar-refractivity contribution in [3.63, 3.8) is 0 Å². The summed E-state index contributed by atoms with van der Waals surface area (Å²) >= 11 is 1.19. The third kappa shape index (κ3) is 3.79. The first-order chi connectivity index (χ1) is 14.1. The van der Waals surface area contributed by atoms with Crippen molar-refractivity contribution in [2.75, 3.05) is 20.3 Å². The number of aromatic nitrogens is 2. The fourth-order valence-corrected chi connectivity index (χ4v) is 4.47. The molecule has 0 saturated heterocycles. The van der Waals surface area contributed by atoms with Gasteiger partial charge in [0.15, 0.2) is 0 Å². The number of aryl methyl sites for hydroxylation is 1. The van der Waals surface area contributed by atoms with Crippen LogP contribution in [0.1, 0.15) is 26.6 Å². The molecule has 0 unspecified atom stereocenters. The van der Waals surface area contributed by atoms with Gasteiger partial charge >= 0.3 is 5.97 Å². The summed E-state index contributed by atoms with van der Waals surface area (Å²) in [6.45, 7) is 2.23. The number of fused-ring (bicyclic) bond motifs is 2. The minimum absolute atomic E-state index is 0.166. The van der Waals surface area contributed by atoms with E-state index in [1.54, 1.807) is 14.0 Å². The highest BCUT2D eigenvalue weighted by Crippen LogP contribution is 2.28. The molecule has 4 rings (SSSR count). The van der Waals surface area contributed by atoms with E-state index in [0.717, 1.165) is 16.3 Å². The smallest absolute Gasteiger partial charge is 0.348 e. The molecule has 0 aliphatic heterocycles. The molecule has 0 fully saturated rings. The summed E-state index contributed by atoms with van der Waals surface area (Å²) < 4.78 is 10.1. The standard InChI is InChI=1S/C22H20N2O4S/c1-13-18-20(25)23-17(12-15-8-5-7-14-6-3-4-9-16(14)15)24-21(18)29-19(13)22(26)28-11-10-27-2/h3-9H,10-12H2,1-2H3,(H,23,24,25). The van der Waals surface area contributed by atoms with Gasteiger partial charge in [0.2, 0.25) is 0 Å². The number of aromatic amines is 1. The summed E-state index contributed by atoms with van der Waals surface area (Å²) in [5.41, 5.74) is 1.44. The lowest BCUT2D eigenvalue weighted by atomic mass is 10.0. The van der Waals surface area contributed by atoms with E-state index in [-0.39, 0.29) is 12.2 Å². The molecule has 4 aromatic rings. The maximum absolute atomic E-state index is 12.7. The average molecular weight is 408 g/mol. The van der Waals surface area contributed by atoms with Gasteiger partial charge in [0, 0.05) is 13.5 Å². The second-order valence-corrected chi connectivity index (χ2v) is 7.69. The van der Waals surface area contributed by atoms with Crippen molar-refractivity contribution >= 4 is 38.3 Å². The first-order valence-electron chi connectivity index (χ1n) is 9.23. The molecule has 6 nitrogen and oxygen atoms in total. The van der Waals surface area contributed by atoms with E-state index in [9.17, 15) is 9.59 Å². The topological polar surface area (TPSA) is 81.3 Å². The van der Waals surface area contributed by atoms with Gasteiger partial charge in [-0.15, -0.1) is 11.3 Å². The highest BCUT2D eigenvalue weighted by Gasteiger charge is 2.20. The Hall–Kier alpha value is -3.03. The quantitative estimate of drug-likeness (QED) is 0.387. The number of ether oxygens (including phenoxy) is 2. The summed E-state index contributed by atoms with van der Waals surface area (Å²) in [5.74, 6) is 0.108. The second-order valence-electron chi connectivity index (χ2n) is 6.69. The maximum Gasteiger partial charge on any atom is 0.348 e. The van der Waals surface area contributed by atoms with Crippen molar-refractivity contribution in [3.8, 4) is 0 Å². The number of rotatable bonds is 6. The van der Waals surface area contributed by atoms with Gasteiger partial charge in [-0.05, 0) is 28.8 Å².